The molecule has 18 heavy (non-hydrogen) atoms. The van der Waals surface area contributed by atoms with Gasteiger partial charge in [-0.2, -0.15) is 11.8 Å². The number of rotatable bonds is 6. The maximum absolute atomic E-state index is 12.4. The molecule has 1 saturated heterocycles. The fourth-order valence-electron chi connectivity index (χ4n) is 2.34. The quantitative estimate of drug-likeness (QED) is 0.800. The van der Waals surface area contributed by atoms with Crippen molar-refractivity contribution in [3.05, 3.63) is 0 Å². The van der Waals surface area contributed by atoms with E-state index in [4.69, 9.17) is 0 Å². The Kier molecular flexibility index (Phi) is 5.99. The molecule has 3 atom stereocenters. The zero-order valence-electron chi connectivity index (χ0n) is 11.7. The number of carbonyl (C=O) groups excluding carboxylic acids is 2. The minimum absolute atomic E-state index is 0.00250. The van der Waals surface area contributed by atoms with Crippen molar-refractivity contribution in [3.8, 4) is 0 Å². The second-order valence-corrected chi connectivity index (χ2v) is 5.97. The minimum atomic E-state index is -0.339. The van der Waals surface area contributed by atoms with Crippen molar-refractivity contribution in [3.63, 3.8) is 0 Å². The Balaban J connectivity index is 2.85. The van der Waals surface area contributed by atoms with Crippen LogP contribution in [-0.4, -0.2) is 46.3 Å². The number of nitrogens with zero attached hydrogens (tertiary/aromatic N) is 1. The van der Waals surface area contributed by atoms with Crippen LogP contribution in [0.4, 0.5) is 0 Å². The first kappa shape index (κ1) is 15.3. The lowest BCUT2D eigenvalue weighted by molar-refractivity contribution is -0.151. The molecule has 0 aromatic rings. The van der Waals surface area contributed by atoms with Crippen LogP contribution in [0.25, 0.3) is 0 Å². The highest BCUT2D eigenvalue weighted by Gasteiger charge is 2.40. The maximum atomic E-state index is 12.4. The standard InChI is InChI=1S/C13H24N2O2S/c1-5-10-13(17)15(9(4)8-18-7-3)11(6-2)12(16)14-10/h9-11H,5-8H2,1-4H3,(H,14,16). The Morgan fingerprint density at radius 1 is 1.28 bits per heavy atom. The molecule has 3 unspecified atom stereocenters. The van der Waals surface area contributed by atoms with Crippen LogP contribution in [-0.2, 0) is 9.59 Å². The van der Waals surface area contributed by atoms with Crippen LogP contribution in [0.3, 0.4) is 0 Å². The molecular formula is C13H24N2O2S. The summed E-state index contributed by atoms with van der Waals surface area (Å²) in [6.07, 6.45) is 1.33. The summed E-state index contributed by atoms with van der Waals surface area (Å²) in [6.45, 7) is 8.03. The largest absolute Gasteiger partial charge is 0.343 e. The minimum Gasteiger partial charge on any atom is -0.343 e. The number of piperazine rings is 1. The molecule has 0 radical (unpaired) electrons. The Morgan fingerprint density at radius 2 is 1.94 bits per heavy atom. The molecule has 1 aliphatic heterocycles. The van der Waals surface area contributed by atoms with Gasteiger partial charge < -0.3 is 10.2 Å². The molecule has 0 aromatic heterocycles. The maximum Gasteiger partial charge on any atom is 0.246 e. The van der Waals surface area contributed by atoms with E-state index in [-0.39, 0.29) is 29.9 Å². The average molecular weight is 272 g/mol. The second-order valence-electron chi connectivity index (χ2n) is 4.65. The van der Waals surface area contributed by atoms with Crippen molar-refractivity contribution in [1.82, 2.24) is 10.2 Å². The summed E-state index contributed by atoms with van der Waals surface area (Å²) >= 11 is 1.81. The highest BCUT2D eigenvalue weighted by atomic mass is 32.2. The highest BCUT2D eigenvalue weighted by Crippen LogP contribution is 2.20. The van der Waals surface area contributed by atoms with Gasteiger partial charge in [0.05, 0.1) is 0 Å². The molecule has 1 heterocycles. The molecule has 4 nitrogen and oxygen atoms in total. The summed E-state index contributed by atoms with van der Waals surface area (Å²) in [6, 6.07) is -0.519. The van der Waals surface area contributed by atoms with Gasteiger partial charge in [0.25, 0.3) is 0 Å². The van der Waals surface area contributed by atoms with E-state index < -0.39 is 0 Å². The molecule has 0 saturated carbocycles. The van der Waals surface area contributed by atoms with E-state index in [2.05, 4.69) is 12.2 Å². The number of hydrogen-bond donors (Lipinski definition) is 1. The third-order valence-electron chi connectivity index (χ3n) is 3.34. The van der Waals surface area contributed by atoms with Crippen LogP contribution in [0.5, 0.6) is 0 Å². The van der Waals surface area contributed by atoms with E-state index in [0.717, 1.165) is 11.5 Å². The summed E-state index contributed by atoms with van der Waals surface area (Å²) in [7, 11) is 0. The first-order valence-electron chi connectivity index (χ1n) is 6.77. The molecule has 1 aliphatic rings. The number of thioether (sulfide) groups is 1. The van der Waals surface area contributed by atoms with Gasteiger partial charge in [-0.25, -0.2) is 0 Å². The van der Waals surface area contributed by atoms with E-state index in [1.807, 2.05) is 32.5 Å². The fraction of sp³-hybridized carbons (Fsp3) is 0.846. The lowest BCUT2D eigenvalue weighted by Crippen LogP contribution is -2.65. The smallest absolute Gasteiger partial charge is 0.246 e. The molecular weight excluding hydrogens is 248 g/mol. The van der Waals surface area contributed by atoms with Gasteiger partial charge in [0.1, 0.15) is 12.1 Å². The monoisotopic (exact) mass is 272 g/mol. The summed E-state index contributed by atoms with van der Waals surface area (Å²) in [5.74, 6) is 2.00. The molecule has 1 N–H and O–H groups in total. The van der Waals surface area contributed by atoms with Gasteiger partial charge >= 0.3 is 0 Å². The van der Waals surface area contributed by atoms with Crippen molar-refractivity contribution >= 4 is 23.6 Å². The number of carbonyl (C=O) groups is 2. The number of nitrogens with one attached hydrogen (secondary N) is 1. The highest BCUT2D eigenvalue weighted by molar-refractivity contribution is 7.99. The summed E-state index contributed by atoms with van der Waals surface area (Å²) in [4.78, 5) is 26.2. The molecule has 0 bridgehead atoms. The summed E-state index contributed by atoms with van der Waals surface area (Å²) in [5, 5.41) is 2.82. The van der Waals surface area contributed by atoms with Crippen LogP contribution in [0, 0.1) is 0 Å². The van der Waals surface area contributed by atoms with E-state index in [1.165, 1.54) is 0 Å². The molecule has 5 heteroatoms. The molecule has 0 spiro atoms. The average Bonchev–Trinajstić information content (AvgIpc) is 2.37. The first-order valence-corrected chi connectivity index (χ1v) is 7.92. The van der Waals surface area contributed by atoms with Crippen molar-refractivity contribution in [1.29, 1.82) is 0 Å². The van der Waals surface area contributed by atoms with E-state index in [1.54, 1.807) is 4.90 Å². The predicted molar refractivity (Wildman–Crippen MR) is 75.6 cm³/mol. The van der Waals surface area contributed by atoms with E-state index in [9.17, 15) is 9.59 Å². The topological polar surface area (TPSA) is 49.4 Å². The van der Waals surface area contributed by atoms with E-state index in [0.29, 0.717) is 12.8 Å². The zero-order valence-corrected chi connectivity index (χ0v) is 12.5. The van der Waals surface area contributed by atoms with Crippen LogP contribution in [0.15, 0.2) is 0 Å². The first-order chi connectivity index (χ1) is 8.56. The van der Waals surface area contributed by atoms with Gasteiger partial charge in [-0.15, -0.1) is 0 Å². The molecule has 0 aliphatic carbocycles. The van der Waals surface area contributed by atoms with Gasteiger partial charge in [-0.1, -0.05) is 20.8 Å². The van der Waals surface area contributed by atoms with Crippen LogP contribution >= 0.6 is 11.8 Å². The van der Waals surface area contributed by atoms with Gasteiger partial charge in [0, 0.05) is 11.8 Å². The Hall–Kier alpha value is -0.710. The SMILES string of the molecule is CCSCC(C)N1C(=O)C(CC)NC(=O)C1CC. The third kappa shape index (κ3) is 3.19. The summed E-state index contributed by atoms with van der Waals surface area (Å²) in [5.41, 5.74) is 0. The van der Waals surface area contributed by atoms with Gasteiger partial charge in [-0.3, -0.25) is 9.59 Å². The molecule has 2 amide bonds. The summed E-state index contributed by atoms with van der Waals surface area (Å²) < 4.78 is 0. The number of hydrogen-bond acceptors (Lipinski definition) is 3. The van der Waals surface area contributed by atoms with Crippen molar-refractivity contribution in [2.24, 2.45) is 0 Å². The van der Waals surface area contributed by atoms with Crippen LogP contribution in [0.2, 0.25) is 0 Å². The molecule has 104 valence electrons. The fourth-order valence-corrected chi connectivity index (χ4v) is 3.08. The molecule has 0 aromatic carbocycles. The number of amides is 2. The Bertz CT molecular complexity index is 309. The van der Waals surface area contributed by atoms with Gasteiger partial charge in [0.15, 0.2) is 0 Å². The van der Waals surface area contributed by atoms with Crippen molar-refractivity contribution in [2.75, 3.05) is 11.5 Å². The predicted octanol–water partition coefficient (Wildman–Crippen LogP) is 1.64. The zero-order chi connectivity index (χ0) is 13.7. The van der Waals surface area contributed by atoms with Crippen LogP contribution < -0.4 is 5.32 Å². The lowest BCUT2D eigenvalue weighted by Gasteiger charge is -2.42. The van der Waals surface area contributed by atoms with Crippen molar-refractivity contribution in [2.45, 2.75) is 58.7 Å². The lowest BCUT2D eigenvalue weighted by atomic mass is 10.0. The van der Waals surface area contributed by atoms with Gasteiger partial charge in [-0.05, 0) is 25.5 Å². The van der Waals surface area contributed by atoms with E-state index >= 15 is 0 Å². The second kappa shape index (κ2) is 7.02. The Morgan fingerprint density at radius 3 is 2.44 bits per heavy atom. The van der Waals surface area contributed by atoms with Crippen LogP contribution in [0.1, 0.15) is 40.5 Å². The molecule has 1 fully saturated rings. The van der Waals surface area contributed by atoms with Crippen molar-refractivity contribution < 1.29 is 9.59 Å². The Labute approximate surface area is 114 Å². The normalized spacial score (nSPS) is 26.1. The van der Waals surface area contributed by atoms with Gasteiger partial charge in [0.2, 0.25) is 11.8 Å². The third-order valence-corrected chi connectivity index (χ3v) is 4.47. The molecule has 1 rings (SSSR count).